The van der Waals surface area contributed by atoms with Crippen molar-refractivity contribution < 1.29 is 22.4 Å². The van der Waals surface area contributed by atoms with E-state index in [-0.39, 0.29) is 12.6 Å². The van der Waals surface area contributed by atoms with E-state index in [1.54, 1.807) is 0 Å². The van der Waals surface area contributed by atoms with Gasteiger partial charge in [-0.2, -0.15) is 8.78 Å². The minimum Gasteiger partial charge on any atom is -0.335 e. The molecule has 0 N–H and O–H groups in total. The molecule has 16 heavy (non-hydrogen) atoms. The van der Waals surface area contributed by atoms with Crippen molar-refractivity contribution in [2.24, 2.45) is 0 Å². The standard InChI is InChI=1S/C10H15F4NO/c1-2-15(7-5-3-4-6-7)9(16)10(13,14)8(11)12/h7-8H,2-6H2,1H3. The molecule has 94 valence electrons. The molecule has 1 fully saturated rings. The number of amides is 1. The van der Waals surface area contributed by atoms with Gasteiger partial charge in [0.2, 0.25) is 0 Å². The second-order valence-corrected chi connectivity index (χ2v) is 3.95. The molecular formula is C10H15F4NO. The number of carbonyl (C=O) groups excluding carboxylic acids is 1. The quantitative estimate of drug-likeness (QED) is 0.693. The van der Waals surface area contributed by atoms with E-state index >= 15 is 0 Å². The highest BCUT2D eigenvalue weighted by molar-refractivity contribution is 5.84. The highest BCUT2D eigenvalue weighted by Gasteiger charge is 2.52. The number of carbonyl (C=O) groups is 1. The summed E-state index contributed by atoms with van der Waals surface area (Å²) in [6.45, 7) is 1.57. The van der Waals surface area contributed by atoms with E-state index < -0.39 is 18.3 Å². The maximum atomic E-state index is 12.9. The number of hydrogen-bond donors (Lipinski definition) is 0. The Morgan fingerprint density at radius 2 is 1.88 bits per heavy atom. The molecule has 1 amide bonds. The minimum atomic E-state index is -4.56. The Morgan fingerprint density at radius 3 is 2.25 bits per heavy atom. The van der Waals surface area contributed by atoms with Gasteiger partial charge in [0, 0.05) is 12.6 Å². The van der Waals surface area contributed by atoms with Gasteiger partial charge in [-0.25, -0.2) is 8.78 Å². The molecule has 0 aromatic carbocycles. The van der Waals surface area contributed by atoms with Crippen molar-refractivity contribution in [3.05, 3.63) is 0 Å². The lowest BCUT2D eigenvalue weighted by Gasteiger charge is -2.30. The van der Waals surface area contributed by atoms with Gasteiger partial charge in [0.25, 0.3) is 5.91 Å². The zero-order chi connectivity index (χ0) is 12.3. The Labute approximate surface area is 91.6 Å². The molecule has 0 saturated heterocycles. The average molecular weight is 241 g/mol. The van der Waals surface area contributed by atoms with Crippen LogP contribution in [0.4, 0.5) is 17.6 Å². The van der Waals surface area contributed by atoms with Crippen LogP contribution in [0, 0.1) is 0 Å². The lowest BCUT2D eigenvalue weighted by atomic mass is 10.2. The number of halogens is 4. The van der Waals surface area contributed by atoms with E-state index in [1.807, 2.05) is 0 Å². The van der Waals surface area contributed by atoms with E-state index in [2.05, 4.69) is 0 Å². The molecule has 6 heteroatoms. The summed E-state index contributed by atoms with van der Waals surface area (Å²) in [6, 6.07) is -0.304. The molecule has 0 atom stereocenters. The van der Waals surface area contributed by atoms with E-state index in [0.717, 1.165) is 17.7 Å². The molecule has 0 aliphatic heterocycles. The fourth-order valence-corrected chi connectivity index (χ4v) is 2.07. The van der Waals surface area contributed by atoms with Gasteiger partial charge in [-0.05, 0) is 19.8 Å². The first kappa shape index (κ1) is 13.3. The molecule has 1 aliphatic rings. The molecule has 0 radical (unpaired) electrons. The van der Waals surface area contributed by atoms with Crippen LogP contribution in [0.2, 0.25) is 0 Å². The zero-order valence-electron chi connectivity index (χ0n) is 9.06. The summed E-state index contributed by atoms with van der Waals surface area (Å²) in [5, 5.41) is 0. The van der Waals surface area contributed by atoms with Crippen molar-refractivity contribution in [2.45, 2.75) is 51.0 Å². The molecule has 0 bridgehead atoms. The van der Waals surface area contributed by atoms with Gasteiger partial charge in [-0.15, -0.1) is 0 Å². The van der Waals surface area contributed by atoms with E-state index in [0.29, 0.717) is 12.8 Å². The second-order valence-electron chi connectivity index (χ2n) is 3.95. The molecule has 1 aliphatic carbocycles. The summed E-state index contributed by atoms with van der Waals surface area (Å²) >= 11 is 0. The Morgan fingerprint density at radius 1 is 1.38 bits per heavy atom. The van der Waals surface area contributed by atoms with Gasteiger partial charge >= 0.3 is 12.3 Å². The molecule has 0 aromatic rings. The number of rotatable bonds is 4. The van der Waals surface area contributed by atoms with Crippen LogP contribution in [0.25, 0.3) is 0 Å². The average Bonchev–Trinajstić information content (AvgIpc) is 2.71. The molecule has 2 nitrogen and oxygen atoms in total. The first-order chi connectivity index (χ1) is 7.41. The van der Waals surface area contributed by atoms with Crippen LogP contribution < -0.4 is 0 Å². The molecule has 0 unspecified atom stereocenters. The third-order valence-electron chi connectivity index (χ3n) is 2.93. The molecule has 0 spiro atoms. The van der Waals surface area contributed by atoms with Gasteiger partial charge < -0.3 is 4.90 Å². The topological polar surface area (TPSA) is 20.3 Å². The third-order valence-corrected chi connectivity index (χ3v) is 2.93. The second kappa shape index (κ2) is 5.01. The summed E-state index contributed by atoms with van der Waals surface area (Å²) in [6.07, 6.45) is -0.975. The largest absolute Gasteiger partial charge is 0.383 e. The fourth-order valence-electron chi connectivity index (χ4n) is 2.07. The number of alkyl halides is 4. The highest BCUT2D eigenvalue weighted by Crippen LogP contribution is 2.30. The predicted molar refractivity (Wildman–Crippen MR) is 50.6 cm³/mol. The van der Waals surface area contributed by atoms with Crippen molar-refractivity contribution in [1.82, 2.24) is 4.90 Å². The van der Waals surface area contributed by atoms with Crippen LogP contribution >= 0.6 is 0 Å². The Hall–Kier alpha value is -0.810. The smallest absolute Gasteiger partial charge is 0.335 e. The summed E-state index contributed by atoms with van der Waals surface area (Å²) < 4.78 is 49.9. The number of hydrogen-bond acceptors (Lipinski definition) is 1. The molecule has 0 heterocycles. The van der Waals surface area contributed by atoms with Gasteiger partial charge in [0.15, 0.2) is 0 Å². The SMILES string of the molecule is CCN(C(=O)C(F)(F)C(F)F)C1CCCC1. The van der Waals surface area contributed by atoms with E-state index in [1.165, 1.54) is 6.92 Å². The monoisotopic (exact) mass is 241 g/mol. The van der Waals surface area contributed by atoms with Crippen molar-refractivity contribution in [3.8, 4) is 0 Å². The Kier molecular flexibility index (Phi) is 4.15. The Bertz CT molecular complexity index is 251. The van der Waals surface area contributed by atoms with Crippen LogP contribution in [0.1, 0.15) is 32.6 Å². The lowest BCUT2D eigenvalue weighted by molar-refractivity contribution is -0.182. The molecule has 0 aromatic heterocycles. The van der Waals surface area contributed by atoms with Crippen molar-refractivity contribution in [2.75, 3.05) is 6.54 Å². The minimum absolute atomic E-state index is 0.0474. The van der Waals surface area contributed by atoms with Crippen LogP contribution in [0.15, 0.2) is 0 Å². The summed E-state index contributed by atoms with van der Waals surface area (Å²) in [4.78, 5) is 12.2. The first-order valence-electron chi connectivity index (χ1n) is 5.38. The van der Waals surface area contributed by atoms with Gasteiger partial charge in [0.05, 0.1) is 0 Å². The summed E-state index contributed by atoms with van der Waals surface area (Å²) in [5.74, 6) is -6.30. The van der Waals surface area contributed by atoms with Crippen LogP contribution in [-0.4, -0.2) is 35.7 Å². The molecule has 1 rings (SSSR count). The summed E-state index contributed by atoms with van der Waals surface area (Å²) in [7, 11) is 0. The molecule has 1 saturated carbocycles. The fraction of sp³-hybridized carbons (Fsp3) is 0.900. The third kappa shape index (κ3) is 2.47. The first-order valence-corrected chi connectivity index (χ1v) is 5.38. The predicted octanol–water partition coefficient (Wildman–Crippen LogP) is 2.68. The number of nitrogens with zero attached hydrogens (tertiary/aromatic N) is 1. The van der Waals surface area contributed by atoms with Crippen molar-refractivity contribution >= 4 is 5.91 Å². The lowest BCUT2D eigenvalue weighted by Crippen LogP contribution is -2.51. The van der Waals surface area contributed by atoms with Gasteiger partial charge in [-0.3, -0.25) is 4.79 Å². The zero-order valence-corrected chi connectivity index (χ0v) is 9.06. The van der Waals surface area contributed by atoms with E-state index in [9.17, 15) is 22.4 Å². The maximum Gasteiger partial charge on any atom is 0.383 e. The normalized spacial score (nSPS) is 18.1. The summed E-state index contributed by atoms with van der Waals surface area (Å²) in [5.41, 5.74) is 0. The maximum absolute atomic E-state index is 12.9. The van der Waals surface area contributed by atoms with Gasteiger partial charge in [0.1, 0.15) is 0 Å². The van der Waals surface area contributed by atoms with Crippen molar-refractivity contribution in [3.63, 3.8) is 0 Å². The van der Waals surface area contributed by atoms with Crippen molar-refractivity contribution in [1.29, 1.82) is 0 Å². The Balaban J connectivity index is 2.76. The van der Waals surface area contributed by atoms with Gasteiger partial charge in [-0.1, -0.05) is 12.8 Å². The van der Waals surface area contributed by atoms with Crippen LogP contribution in [0.5, 0.6) is 0 Å². The van der Waals surface area contributed by atoms with Crippen LogP contribution in [-0.2, 0) is 4.79 Å². The van der Waals surface area contributed by atoms with E-state index in [4.69, 9.17) is 0 Å². The highest BCUT2D eigenvalue weighted by atomic mass is 19.3. The van der Waals surface area contributed by atoms with Crippen LogP contribution in [0.3, 0.4) is 0 Å². The molecular weight excluding hydrogens is 226 g/mol.